The van der Waals surface area contributed by atoms with Gasteiger partial charge in [-0.15, -0.1) is 0 Å². The summed E-state index contributed by atoms with van der Waals surface area (Å²) in [5.41, 5.74) is 3.30. The fourth-order valence-electron chi connectivity index (χ4n) is 2.84. The molecule has 3 rings (SSSR count). The number of nitrogens with one attached hydrogen (secondary N) is 1. The summed E-state index contributed by atoms with van der Waals surface area (Å²) < 4.78 is 7.42. The van der Waals surface area contributed by atoms with Crippen molar-refractivity contribution in [1.82, 2.24) is 14.6 Å². The van der Waals surface area contributed by atoms with Gasteiger partial charge in [-0.05, 0) is 24.6 Å². The molecule has 1 aromatic carbocycles. The van der Waals surface area contributed by atoms with Crippen molar-refractivity contribution in [3.63, 3.8) is 0 Å². The van der Waals surface area contributed by atoms with Crippen LogP contribution in [0, 0.1) is 0 Å². The van der Waals surface area contributed by atoms with E-state index in [0.29, 0.717) is 18.7 Å². The van der Waals surface area contributed by atoms with Gasteiger partial charge >= 0.3 is 5.69 Å². The second-order valence-electron chi connectivity index (χ2n) is 5.85. The third-order valence-corrected chi connectivity index (χ3v) is 4.27. The third kappa shape index (κ3) is 2.90. The molecule has 1 aliphatic rings. The van der Waals surface area contributed by atoms with E-state index in [0.717, 1.165) is 20.4 Å². The maximum atomic E-state index is 12.4. The molecular formula is C17H20N4O4. The van der Waals surface area contributed by atoms with Crippen molar-refractivity contribution in [3.05, 3.63) is 56.2 Å². The van der Waals surface area contributed by atoms with Crippen LogP contribution in [0.15, 0.2) is 39.0 Å². The average molecular weight is 344 g/mol. The highest BCUT2D eigenvalue weighted by Gasteiger charge is 2.27. The van der Waals surface area contributed by atoms with Gasteiger partial charge in [0.15, 0.2) is 0 Å². The topological polar surface area (TPSA) is 97.9 Å². The van der Waals surface area contributed by atoms with E-state index in [4.69, 9.17) is 4.74 Å². The summed E-state index contributed by atoms with van der Waals surface area (Å²) in [4.78, 5) is 24.2. The van der Waals surface area contributed by atoms with E-state index in [1.165, 1.54) is 14.1 Å². The monoisotopic (exact) mass is 344 g/mol. The Kier molecular flexibility index (Phi) is 4.35. The van der Waals surface area contributed by atoms with Crippen LogP contribution in [0.2, 0.25) is 0 Å². The summed E-state index contributed by atoms with van der Waals surface area (Å²) in [5.74, 6) is 0.413. The number of hydrazone groups is 1. The van der Waals surface area contributed by atoms with Gasteiger partial charge in [-0.3, -0.25) is 13.9 Å². The van der Waals surface area contributed by atoms with Crippen LogP contribution in [0.5, 0.6) is 11.6 Å². The molecule has 0 bridgehead atoms. The molecule has 0 spiro atoms. The number of ether oxygens (including phenoxy) is 1. The van der Waals surface area contributed by atoms with Crippen molar-refractivity contribution >= 4 is 5.71 Å². The Morgan fingerprint density at radius 2 is 1.92 bits per heavy atom. The fraction of sp³-hybridized carbons (Fsp3) is 0.353. The van der Waals surface area contributed by atoms with Gasteiger partial charge in [-0.2, -0.15) is 5.10 Å². The first-order chi connectivity index (χ1) is 11.9. The molecule has 0 saturated carbocycles. The van der Waals surface area contributed by atoms with Crippen molar-refractivity contribution in [3.8, 4) is 11.6 Å². The molecule has 0 aliphatic carbocycles. The predicted octanol–water partition coefficient (Wildman–Crippen LogP) is 0.627. The van der Waals surface area contributed by atoms with Crippen LogP contribution in [-0.2, 0) is 14.1 Å². The van der Waals surface area contributed by atoms with Crippen molar-refractivity contribution in [2.45, 2.75) is 19.4 Å². The number of hydrogen-bond donors (Lipinski definition) is 2. The molecule has 1 aromatic heterocycles. The minimum absolute atomic E-state index is 0.0468. The Bertz CT molecular complexity index is 941. The standard InChI is InChI=1S/C17H20N4O4/c1-4-25-11-7-5-10(6-8-11)12-9-13(19-18-12)14-15(22)20(2)17(24)21(3)16(14)23/h5-8,12,18,22H,4,9H2,1-3H3/t12-/m0/s1. The number of rotatable bonds is 4. The lowest BCUT2D eigenvalue weighted by Crippen LogP contribution is -2.39. The van der Waals surface area contributed by atoms with E-state index >= 15 is 0 Å². The molecule has 2 N–H and O–H groups in total. The second kappa shape index (κ2) is 6.46. The molecule has 0 saturated heterocycles. The average Bonchev–Trinajstić information content (AvgIpc) is 3.09. The molecule has 1 aliphatic heterocycles. The maximum absolute atomic E-state index is 12.4. The van der Waals surface area contributed by atoms with Gasteiger partial charge in [0, 0.05) is 20.5 Å². The summed E-state index contributed by atoms with van der Waals surface area (Å²) in [6, 6.07) is 7.49. The van der Waals surface area contributed by atoms with E-state index < -0.39 is 11.2 Å². The van der Waals surface area contributed by atoms with Gasteiger partial charge in [0.2, 0.25) is 5.88 Å². The minimum atomic E-state index is -0.583. The molecule has 2 aromatic rings. The van der Waals surface area contributed by atoms with Crippen molar-refractivity contribution in [2.24, 2.45) is 19.2 Å². The predicted molar refractivity (Wildman–Crippen MR) is 93.2 cm³/mol. The van der Waals surface area contributed by atoms with Gasteiger partial charge in [-0.25, -0.2) is 4.79 Å². The molecule has 1 atom stereocenters. The molecule has 0 amide bonds. The molecule has 0 unspecified atom stereocenters. The molecule has 8 nitrogen and oxygen atoms in total. The van der Waals surface area contributed by atoms with Crippen molar-refractivity contribution < 1.29 is 9.84 Å². The third-order valence-electron chi connectivity index (χ3n) is 4.27. The molecular weight excluding hydrogens is 324 g/mol. The highest BCUT2D eigenvalue weighted by Crippen LogP contribution is 2.27. The Balaban J connectivity index is 1.89. The molecule has 132 valence electrons. The van der Waals surface area contributed by atoms with E-state index in [1.54, 1.807) is 0 Å². The number of benzene rings is 1. The lowest BCUT2D eigenvalue weighted by atomic mass is 10.00. The van der Waals surface area contributed by atoms with Crippen LogP contribution >= 0.6 is 0 Å². The highest BCUT2D eigenvalue weighted by atomic mass is 16.5. The van der Waals surface area contributed by atoms with Gasteiger partial charge in [0.05, 0.1) is 18.4 Å². The van der Waals surface area contributed by atoms with E-state index in [1.807, 2.05) is 31.2 Å². The zero-order valence-electron chi connectivity index (χ0n) is 14.3. The van der Waals surface area contributed by atoms with Crippen LogP contribution < -0.4 is 21.4 Å². The van der Waals surface area contributed by atoms with Gasteiger partial charge in [-0.1, -0.05) is 12.1 Å². The van der Waals surface area contributed by atoms with Crippen LogP contribution in [-0.4, -0.2) is 26.6 Å². The number of aromatic hydroxyl groups is 1. The molecule has 2 heterocycles. The fourth-order valence-corrected chi connectivity index (χ4v) is 2.84. The van der Waals surface area contributed by atoms with E-state index in [-0.39, 0.29) is 17.5 Å². The molecule has 25 heavy (non-hydrogen) atoms. The highest BCUT2D eigenvalue weighted by molar-refractivity contribution is 6.03. The summed E-state index contributed by atoms with van der Waals surface area (Å²) >= 11 is 0. The zero-order chi connectivity index (χ0) is 18.1. The lowest BCUT2D eigenvalue weighted by molar-refractivity contribution is 0.340. The van der Waals surface area contributed by atoms with Gasteiger partial charge in [0.1, 0.15) is 11.3 Å². The van der Waals surface area contributed by atoms with Crippen LogP contribution in [0.3, 0.4) is 0 Å². The Morgan fingerprint density at radius 3 is 2.56 bits per heavy atom. The lowest BCUT2D eigenvalue weighted by Gasteiger charge is -2.12. The zero-order valence-corrected chi connectivity index (χ0v) is 14.3. The first-order valence-electron chi connectivity index (χ1n) is 7.98. The summed E-state index contributed by atoms with van der Waals surface area (Å²) in [5, 5.41) is 14.4. The van der Waals surface area contributed by atoms with Crippen molar-refractivity contribution in [2.75, 3.05) is 6.61 Å². The van der Waals surface area contributed by atoms with Crippen LogP contribution in [0.25, 0.3) is 0 Å². The molecule has 0 radical (unpaired) electrons. The largest absolute Gasteiger partial charge is 0.494 e. The smallest absolute Gasteiger partial charge is 0.333 e. The van der Waals surface area contributed by atoms with Gasteiger partial charge in [0.25, 0.3) is 5.56 Å². The number of hydrogen-bond acceptors (Lipinski definition) is 6. The SMILES string of the molecule is CCOc1ccc([C@@H]2CC(c3c(O)n(C)c(=O)n(C)c3=O)=NN2)cc1. The van der Waals surface area contributed by atoms with Crippen LogP contribution in [0.1, 0.15) is 30.5 Å². The Labute approximate surface area is 144 Å². The first kappa shape index (κ1) is 16.8. The second-order valence-corrected chi connectivity index (χ2v) is 5.85. The summed E-state index contributed by atoms with van der Waals surface area (Å²) in [6.07, 6.45) is 0.426. The molecule has 0 fully saturated rings. The quantitative estimate of drug-likeness (QED) is 0.848. The van der Waals surface area contributed by atoms with Gasteiger partial charge < -0.3 is 15.3 Å². The van der Waals surface area contributed by atoms with E-state index in [9.17, 15) is 14.7 Å². The number of nitrogens with zero attached hydrogens (tertiary/aromatic N) is 3. The minimum Gasteiger partial charge on any atom is -0.494 e. The van der Waals surface area contributed by atoms with E-state index in [2.05, 4.69) is 10.5 Å². The Hall–Kier alpha value is -3.03. The summed E-state index contributed by atoms with van der Waals surface area (Å²) in [7, 11) is 2.79. The first-order valence-corrected chi connectivity index (χ1v) is 7.98. The van der Waals surface area contributed by atoms with Crippen molar-refractivity contribution in [1.29, 1.82) is 0 Å². The normalized spacial score (nSPS) is 16.4. The molecule has 8 heteroatoms. The Morgan fingerprint density at radius 1 is 1.24 bits per heavy atom. The maximum Gasteiger partial charge on any atom is 0.333 e. The number of aromatic nitrogens is 2. The van der Waals surface area contributed by atoms with Crippen LogP contribution in [0.4, 0.5) is 0 Å². The summed E-state index contributed by atoms with van der Waals surface area (Å²) in [6.45, 7) is 2.52.